The Morgan fingerprint density at radius 1 is 1.12 bits per heavy atom. The third-order valence-electron chi connectivity index (χ3n) is 5.49. The first kappa shape index (κ1) is 18.9. The highest BCUT2D eigenvalue weighted by Crippen LogP contribution is 2.22. The summed E-state index contributed by atoms with van der Waals surface area (Å²) in [6, 6.07) is 8.13. The fourth-order valence-electron chi connectivity index (χ4n) is 3.90. The van der Waals surface area contributed by atoms with Crippen molar-refractivity contribution in [1.82, 2.24) is 15.1 Å². The number of nitrogens with zero attached hydrogens (tertiary/aromatic N) is 2. The smallest absolute Gasteiger partial charge is 0.254 e. The lowest BCUT2D eigenvalue weighted by atomic mass is 9.91. The zero-order valence-electron chi connectivity index (χ0n) is 15.5. The molecule has 0 spiro atoms. The van der Waals surface area contributed by atoms with Crippen molar-refractivity contribution in [3.05, 3.63) is 35.4 Å². The van der Waals surface area contributed by atoms with E-state index in [2.05, 4.69) is 16.3 Å². The molecule has 2 amide bonds. The maximum absolute atomic E-state index is 12.6. The number of amides is 2. The van der Waals surface area contributed by atoms with Crippen molar-refractivity contribution in [3.63, 3.8) is 0 Å². The van der Waals surface area contributed by atoms with Gasteiger partial charge in [0, 0.05) is 26.6 Å². The van der Waals surface area contributed by atoms with Gasteiger partial charge in [0.2, 0.25) is 5.91 Å². The first-order chi connectivity index (χ1) is 12.5. The molecule has 2 aliphatic rings. The van der Waals surface area contributed by atoms with E-state index in [1.54, 1.807) is 4.90 Å². The van der Waals surface area contributed by atoms with E-state index in [1.165, 1.54) is 25.3 Å². The van der Waals surface area contributed by atoms with Crippen LogP contribution in [-0.2, 0) is 22.7 Å². The first-order valence-corrected chi connectivity index (χ1v) is 9.53. The second-order valence-electron chi connectivity index (χ2n) is 7.51. The molecule has 6 nitrogen and oxygen atoms in total. The van der Waals surface area contributed by atoms with E-state index in [-0.39, 0.29) is 18.4 Å². The highest BCUT2D eigenvalue weighted by Gasteiger charge is 2.40. The fraction of sp³-hybridized carbons (Fsp3) is 0.600. The van der Waals surface area contributed by atoms with Crippen molar-refractivity contribution in [3.8, 4) is 0 Å². The molecule has 0 aliphatic carbocycles. The molecule has 2 fully saturated rings. The summed E-state index contributed by atoms with van der Waals surface area (Å²) in [6.07, 6.45) is 3.52. The van der Waals surface area contributed by atoms with Crippen LogP contribution in [0.3, 0.4) is 0 Å². The molecular weight excluding hydrogens is 330 g/mol. The molecule has 0 bridgehead atoms. The summed E-state index contributed by atoms with van der Waals surface area (Å²) >= 11 is 0. The van der Waals surface area contributed by atoms with E-state index in [0.717, 1.165) is 25.2 Å². The van der Waals surface area contributed by atoms with Crippen LogP contribution in [-0.4, -0.2) is 58.5 Å². The molecule has 0 aromatic heterocycles. The van der Waals surface area contributed by atoms with Crippen LogP contribution in [0.1, 0.15) is 43.7 Å². The van der Waals surface area contributed by atoms with Crippen LogP contribution in [0.2, 0.25) is 0 Å². The number of carbonyl (C=O) groups is 2. The largest absolute Gasteiger partial charge is 0.378 e. The van der Waals surface area contributed by atoms with E-state index in [9.17, 15) is 14.7 Å². The fourth-order valence-corrected chi connectivity index (χ4v) is 3.90. The molecule has 2 aliphatic heterocycles. The van der Waals surface area contributed by atoms with Gasteiger partial charge in [0.1, 0.15) is 0 Å². The lowest BCUT2D eigenvalue weighted by Crippen LogP contribution is -2.57. The Kier molecular flexibility index (Phi) is 5.94. The van der Waals surface area contributed by atoms with Crippen molar-refractivity contribution >= 4 is 11.8 Å². The van der Waals surface area contributed by atoms with Gasteiger partial charge in [-0.3, -0.25) is 14.5 Å². The van der Waals surface area contributed by atoms with Gasteiger partial charge in [-0.1, -0.05) is 24.3 Å². The normalized spacial score (nSPS) is 23.8. The Labute approximate surface area is 155 Å². The molecule has 6 heteroatoms. The average Bonchev–Trinajstić information content (AvgIpc) is 3.13. The second kappa shape index (κ2) is 8.18. The molecular formula is C20H29N3O3. The third-order valence-corrected chi connectivity index (χ3v) is 5.49. The molecule has 3 rings (SSSR count). The Hall–Kier alpha value is -1.92. The standard InChI is InChI=1S/C20H29N3O3/c1-16(24)23-12-6-9-20(26,15-23)19(25)21-13-17-7-2-3-8-18(17)14-22-10-4-5-11-22/h2-3,7-8,26H,4-6,9-15H2,1H3,(H,21,25)/t20-/m0/s1. The minimum absolute atomic E-state index is 0.0730. The summed E-state index contributed by atoms with van der Waals surface area (Å²) < 4.78 is 0. The molecule has 1 aromatic carbocycles. The number of β-amino-alcohol motifs (C(OH)–C–C–N with tert-alkyl or cyclic N) is 1. The molecule has 2 heterocycles. The number of likely N-dealkylation sites (tertiary alicyclic amines) is 2. The number of benzene rings is 1. The summed E-state index contributed by atoms with van der Waals surface area (Å²) in [4.78, 5) is 28.2. The average molecular weight is 359 g/mol. The summed E-state index contributed by atoms with van der Waals surface area (Å²) in [5.41, 5.74) is 0.805. The summed E-state index contributed by atoms with van der Waals surface area (Å²) in [6.45, 7) is 5.69. The maximum atomic E-state index is 12.6. The number of hydrogen-bond donors (Lipinski definition) is 2. The Morgan fingerprint density at radius 3 is 2.50 bits per heavy atom. The van der Waals surface area contributed by atoms with E-state index in [0.29, 0.717) is 25.9 Å². The number of piperidine rings is 1. The topological polar surface area (TPSA) is 72.9 Å². The lowest BCUT2D eigenvalue weighted by Gasteiger charge is -2.37. The second-order valence-corrected chi connectivity index (χ2v) is 7.51. The predicted octanol–water partition coefficient (Wildman–Crippen LogP) is 1.27. The maximum Gasteiger partial charge on any atom is 0.254 e. The summed E-state index contributed by atoms with van der Waals surface area (Å²) in [5, 5.41) is 13.6. The molecule has 2 N–H and O–H groups in total. The van der Waals surface area contributed by atoms with Crippen LogP contribution in [0.5, 0.6) is 0 Å². The number of aliphatic hydroxyl groups is 1. The molecule has 26 heavy (non-hydrogen) atoms. The molecule has 0 saturated carbocycles. The number of nitrogens with one attached hydrogen (secondary N) is 1. The van der Waals surface area contributed by atoms with E-state index >= 15 is 0 Å². The van der Waals surface area contributed by atoms with Crippen molar-refractivity contribution < 1.29 is 14.7 Å². The van der Waals surface area contributed by atoms with Crippen molar-refractivity contribution in [1.29, 1.82) is 0 Å². The van der Waals surface area contributed by atoms with Gasteiger partial charge in [0.15, 0.2) is 5.60 Å². The third kappa shape index (κ3) is 4.43. The van der Waals surface area contributed by atoms with Crippen molar-refractivity contribution in [2.45, 2.75) is 51.3 Å². The highest BCUT2D eigenvalue weighted by molar-refractivity contribution is 5.86. The van der Waals surface area contributed by atoms with Gasteiger partial charge in [-0.15, -0.1) is 0 Å². The van der Waals surface area contributed by atoms with Gasteiger partial charge in [-0.2, -0.15) is 0 Å². The lowest BCUT2D eigenvalue weighted by molar-refractivity contribution is -0.150. The van der Waals surface area contributed by atoms with Gasteiger partial charge >= 0.3 is 0 Å². The van der Waals surface area contributed by atoms with Gasteiger partial charge in [0.05, 0.1) is 6.54 Å². The van der Waals surface area contributed by atoms with Crippen LogP contribution in [0.25, 0.3) is 0 Å². The number of carbonyl (C=O) groups excluding carboxylic acids is 2. The van der Waals surface area contributed by atoms with Crippen LogP contribution >= 0.6 is 0 Å². The zero-order valence-corrected chi connectivity index (χ0v) is 15.5. The van der Waals surface area contributed by atoms with Crippen LogP contribution in [0, 0.1) is 0 Å². The van der Waals surface area contributed by atoms with Gasteiger partial charge in [0.25, 0.3) is 5.91 Å². The SMILES string of the molecule is CC(=O)N1CCC[C@@](O)(C(=O)NCc2ccccc2CN2CCCC2)C1. The predicted molar refractivity (Wildman–Crippen MR) is 99.2 cm³/mol. The van der Waals surface area contributed by atoms with Gasteiger partial charge in [-0.25, -0.2) is 0 Å². The molecule has 1 atom stereocenters. The highest BCUT2D eigenvalue weighted by atomic mass is 16.3. The van der Waals surface area contributed by atoms with E-state index in [1.807, 2.05) is 18.2 Å². The minimum Gasteiger partial charge on any atom is -0.378 e. The van der Waals surface area contributed by atoms with Crippen molar-refractivity contribution in [2.75, 3.05) is 26.2 Å². The van der Waals surface area contributed by atoms with E-state index < -0.39 is 5.60 Å². The molecule has 1 aromatic rings. The van der Waals surface area contributed by atoms with Crippen LogP contribution in [0.15, 0.2) is 24.3 Å². The van der Waals surface area contributed by atoms with Gasteiger partial charge in [-0.05, 0) is 49.9 Å². The van der Waals surface area contributed by atoms with Crippen molar-refractivity contribution in [2.24, 2.45) is 0 Å². The molecule has 0 radical (unpaired) electrons. The summed E-state index contributed by atoms with van der Waals surface area (Å²) in [5.74, 6) is -0.494. The zero-order chi connectivity index (χ0) is 18.6. The molecule has 142 valence electrons. The quantitative estimate of drug-likeness (QED) is 0.831. The Balaban J connectivity index is 1.61. The minimum atomic E-state index is -1.49. The van der Waals surface area contributed by atoms with Gasteiger partial charge < -0.3 is 15.3 Å². The summed E-state index contributed by atoms with van der Waals surface area (Å²) in [7, 11) is 0. The first-order valence-electron chi connectivity index (χ1n) is 9.53. The number of hydrogen-bond acceptors (Lipinski definition) is 4. The monoisotopic (exact) mass is 359 g/mol. The Bertz CT molecular complexity index is 657. The van der Waals surface area contributed by atoms with E-state index in [4.69, 9.17) is 0 Å². The van der Waals surface area contributed by atoms with Crippen LogP contribution in [0.4, 0.5) is 0 Å². The molecule has 0 unspecified atom stereocenters. The Morgan fingerprint density at radius 2 is 1.81 bits per heavy atom. The van der Waals surface area contributed by atoms with Crippen LogP contribution < -0.4 is 5.32 Å². The molecule has 2 saturated heterocycles. The number of rotatable bonds is 5.